The summed E-state index contributed by atoms with van der Waals surface area (Å²) in [5.74, 6) is 8.04. The molecular weight excluding hydrogens is 422 g/mol. The van der Waals surface area contributed by atoms with Gasteiger partial charge in [0.1, 0.15) is 12.4 Å². The van der Waals surface area contributed by atoms with E-state index in [4.69, 9.17) is 10.6 Å². The average molecular weight is 454 g/mol. The number of nitrogens with one attached hydrogen (secondary N) is 1. The summed E-state index contributed by atoms with van der Waals surface area (Å²) in [5.41, 5.74) is 3.17. The second kappa shape index (κ2) is 10.5. The van der Waals surface area contributed by atoms with Crippen molar-refractivity contribution in [3.05, 3.63) is 65.5 Å². The van der Waals surface area contributed by atoms with Crippen molar-refractivity contribution in [3.63, 3.8) is 0 Å². The van der Waals surface area contributed by atoms with E-state index in [1.165, 1.54) is 22.0 Å². The van der Waals surface area contributed by atoms with E-state index < -0.39 is 5.25 Å². The highest BCUT2D eigenvalue weighted by Crippen LogP contribution is 2.26. The van der Waals surface area contributed by atoms with Gasteiger partial charge in [0.2, 0.25) is 11.1 Å². The summed E-state index contributed by atoms with van der Waals surface area (Å²) in [6, 6.07) is 15.8. The zero-order valence-electron chi connectivity index (χ0n) is 19.2. The number of anilines is 1. The molecule has 0 radical (unpaired) electrons. The van der Waals surface area contributed by atoms with Gasteiger partial charge in [0, 0.05) is 5.69 Å². The fourth-order valence-corrected chi connectivity index (χ4v) is 3.93. The molecule has 1 unspecified atom stereocenters. The molecule has 32 heavy (non-hydrogen) atoms. The van der Waals surface area contributed by atoms with Crippen molar-refractivity contribution in [2.75, 3.05) is 11.2 Å². The fourth-order valence-electron chi connectivity index (χ4n) is 3.14. The SMILES string of the molecule is CC(Sc1nnc(COc2ccc(C(C)C)cc2)n1N)C(=O)Nc1ccccc1C(C)C. The van der Waals surface area contributed by atoms with Crippen LogP contribution in [0.15, 0.2) is 53.7 Å². The van der Waals surface area contributed by atoms with Crippen LogP contribution in [0.2, 0.25) is 0 Å². The number of benzene rings is 2. The summed E-state index contributed by atoms with van der Waals surface area (Å²) >= 11 is 1.26. The van der Waals surface area contributed by atoms with Crippen LogP contribution in [-0.2, 0) is 11.4 Å². The molecule has 0 bridgehead atoms. The first-order chi connectivity index (χ1) is 15.3. The number of carbonyl (C=O) groups is 1. The maximum Gasteiger partial charge on any atom is 0.237 e. The Balaban J connectivity index is 1.59. The van der Waals surface area contributed by atoms with E-state index in [9.17, 15) is 4.79 Å². The Morgan fingerprint density at radius 2 is 1.72 bits per heavy atom. The summed E-state index contributed by atoms with van der Waals surface area (Å²) in [6.07, 6.45) is 0. The van der Waals surface area contributed by atoms with Gasteiger partial charge in [-0.3, -0.25) is 4.79 Å². The van der Waals surface area contributed by atoms with Crippen molar-refractivity contribution in [2.24, 2.45) is 0 Å². The molecule has 7 nitrogen and oxygen atoms in total. The van der Waals surface area contributed by atoms with Gasteiger partial charge in [0.15, 0.2) is 5.82 Å². The van der Waals surface area contributed by atoms with Crippen LogP contribution in [0.4, 0.5) is 5.69 Å². The lowest BCUT2D eigenvalue weighted by Gasteiger charge is -2.16. The van der Waals surface area contributed by atoms with Gasteiger partial charge in [-0.1, -0.05) is 69.8 Å². The van der Waals surface area contributed by atoms with Crippen LogP contribution in [0, 0.1) is 0 Å². The van der Waals surface area contributed by atoms with Crippen molar-refractivity contribution < 1.29 is 9.53 Å². The van der Waals surface area contributed by atoms with Gasteiger partial charge in [-0.05, 0) is 48.1 Å². The number of nitrogens with two attached hydrogens (primary N) is 1. The van der Waals surface area contributed by atoms with Crippen LogP contribution < -0.4 is 15.9 Å². The molecular formula is C24H31N5O2S. The van der Waals surface area contributed by atoms with E-state index in [-0.39, 0.29) is 12.5 Å². The van der Waals surface area contributed by atoms with Crippen molar-refractivity contribution in [2.45, 2.75) is 63.5 Å². The molecule has 1 aromatic heterocycles. The number of amides is 1. The Kier molecular flexibility index (Phi) is 7.80. The zero-order valence-corrected chi connectivity index (χ0v) is 20.0. The highest BCUT2D eigenvalue weighted by Gasteiger charge is 2.21. The number of ether oxygens (including phenoxy) is 1. The molecule has 1 amide bonds. The normalized spacial score (nSPS) is 12.2. The van der Waals surface area contributed by atoms with Gasteiger partial charge in [-0.15, -0.1) is 10.2 Å². The first kappa shape index (κ1) is 23.7. The zero-order chi connectivity index (χ0) is 23.3. The lowest BCUT2D eigenvalue weighted by molar-refractivity contribution is -0.115. The molecule has 1 atom stereocenters. The average Bonchev–Trinajstić information content (AvgIpc) is 3.11. The van der Waals surface area contributed by atoms with Gasteiger partial charge in [-0.25, -0.2) is 4.68 Å². The summed E-state index contributed by atoms with van der Waals surface area (Å²) in [7, 11) is 0. The Morgan fingerprint density at radius 1 is 1.03 bits per heavy atom. The number of aromatic nitrogens is 3. The summed E-state index contributed by atoms with van der Waals surface area (Å²) in [4.78, 5) is 12.7. The number of rotatable bonds is 9. The van der Waals surface area contributed by atoms with Crippen LogP contribution in [0.25, 0.3) is 0 Å². The maximum atomic E-state index is 12.7. The number of carbonyl (C=O) groups excluding carboxylic acids is 1. The first-order valence-electron chi connectivity index (χ1n) is 10.7. The second-order valence-electron chi connectivity index (χ2n) is 8.27. The first-order valence-corrected chi connectivity index (χ1v) is 11.6. The van der Waals surface area contributed by atoms with E-state index in [2.05, 4.69) is 43.2 Å². The Morgan fingerprint density at radius 3 is 2.38 bits per heavy atom. The largest absolute Gasteiger partial charge is 0.486 e. The number of para-hydroxylation sites is 1. The Hall–Kier alpha value is -3.00. The van der Waals surface area contributed by atoms with Gasteiger partial charge in [0.25, 0.3) is 0 Å². The monoisotopic (exact) mass is 453 g/mol. The number of hydrogen-bond acceptors (Lipinski definition) is 6. The molecule has 3 aromatic rings. The summed E-state index contributed by atoms with van der Waals surface area (Å²) in [5, 5.41) is 11.3. The van der Waals surface area contributed by atoms with E-state index in [1.807, 2.05) is 55.5 Å². The van der Waals surface area contributed by atoms with Crippen molar-refractivity contribution in [3.8, 4) is 5.75 Å². The van der Waals surface area contributed by atoms with Crippen LogP contribution >= 0.6 is 11.8 Å². The highest BCUT2D eigenvalue weighted by molar-refractivity contribution is 8.00. The van der Waals surface area contributed by atoms with E-state index in [0.717, 1.165) is 17.0 Å². The molecule has 1 heterocycles. The lowest BCUT2D eigenvalue weighted by Crippen LogP contribution is -2.24. The molecule has 0 aliphatic carbocycles. The van der Waals surface area contributed by atoms with Crippen LogP contribution in [0.1, 0.15) is 63.4 Å². The molecule has 2 aromatic carbocycles. The highest BCUT2D eigenvalue weighted by atomic mass is 32.2. The number of thioether (sulfide) groups is 1. The van der Waals surface area contributed by atoms with Gasteiger partial charge >= 0.3 is 0 Å². The lowest BCUT2D eigenvalue weighted by atomic mass is 10.0. The minimum absolute atomic E-state index is 0.117. The standard InChI is InChI=1S/C24H31N5O2S/c1-15(2)18-10-12-19(13-11-18)31-14-22-27-28-24(29(22)25)32-17(5)23(30)26-21-9-7-6-8-20(21)16(3)4/h6-13,15-17H,14,25H2,1-5H3,(H,26,30). The van der Waals surface area contributed by atoms with Gasteiger partial charge in [0.05, 0.1) is 5.25 Å². The third-order valence-electron chi connectivity index (χ3n) is 5.14. The van der Waals surface area contributed by atoms with Crippen LogP contribution in [0.3, 0.4) is 0 Å². The second-order valence-corrected chi connectivity index (χ2v) is 9.58. The number of nitrogen functional groups attached to an aromatic ring is 1. The molecule has 3 rings (SSSR count). The van der Waals surface area contributed by atoms with Gasteiger partial charge in [-0.2, -0.15) is 0 Å². The number of hydrogen-bond donors (Lipinski definition) is 2. The molecule has 0 aliphatic rings. The third kappa shape index (κ3) is 5.82. The van der Waals surface area contributed by atoms with Crippen molar-refractivity contribution >= 4 is 23.4 Å². The summed E-state index contributed by atoms with van der Waals surface area (Å²) < 4.78 is 7.17. The molecule has 170 valence electrons. The van der Waals surface area contributed by atoms with E-state index in [1.54, 1.807) is 0 Å². The molecule has 0 fully saturated rings. The van der Waals surface area contributed by atoms with Crippen LogP contribution in [0.5, 0.6) is 5.75 Å². The van der Waals surface area contributed by atoms with Crippen molar-refractivity contribution in [1.82, 2.24) is 14.9 Å². The minimum atomic E-state index is -0.404. The van der Waals surface area contributed by atoms with Crippen molar-refractivity contribution in [1.29, 1.82) is 0 Å². The molecule has 0 aliphatic heterocycles. The Labute approximate surface area is 193 Å². The molecule has 0 spiro atoms. The Bertz CT molecular complexity index is 1050. The minimum Gasteiger partial charge on any atom is -0.486 e. The van der Waals surface area contributed by atoms with E-state index >= 15 is 0 Å². The molecule has 0 saturated carbocycles. The molecule has 3 N–H and O–H groups in total. The van der Waals surface area contributed by atoms with Gasteiger partial charge < -0.3 is 15.9 Å². The predicted molar refractivity (Wildman–Crippen MR) is 130 cm³/mol. The number of nitrogens with zero attached hydrogens (tertiary/aromatic N) is 3. The van der Waals surface area contributed by atoms with E-state index in [0.29, 0.717) is 22.8 Å². The smallest absolute Gasteiger partial charge is 0.237 e. The third-order valence-corrected chi connectivity index (χ3v) is 6.20. The molecule has 0 saturated heterocycles. The predicted octanol–water partition coefficient (Wildman–Crippen LogP) is 4.94. The fraction of sp³-hybridized carbons (Fsp3) is 0.375. The van der Waals surface area contributed by atoms with Crippen LogP contribution in [-0.4, -0.2) is 26.0 Å². The topological polar surface area (TPSA) is 95.1 Å². The maximum absolute atomic E-state index is 12.7. The summed E-state index contributed by atoms with van der Waals surface area (Å²) in [6.45, 7) is 10.5. The quantitative estimate of drug-likeness (QED) is 0.352. The molecule has 8 heteroatoms.